The number of carboxylic acid groups (broad SMARTS) is 1. The first kappa shape index (κ1) is 14.8. The van der Waals surface area contributed by atoms with Crippen molar-refractivity contribution < 1.29 is 19.8 Å². The maximum absolute atomic E-state index is 12.0. The molecule has 6 heteroatoms. The van der Waals surface area contributed by atoms with Crippen LogP contribution in [0.25, 0.3) is 0 Å². The second-order valence-electron chi connectivity index (χ2n) is 4.58. The number of aliphatic hydroxyl groups excluding tert-OH is 1. The molecule has 2 amide bonds. The van der Waals surface area contributed by atoms with E-state index in [0.29, 0.717) is 6.54 Å². The molecule has 0 aliphatic heterocycles. The van der Waals surface area contributed by atoms with Crippen molar-refractivity contribution in [3.63, 3.8) is 0 Å². The zero-order valence-electron chi connectivity index (χ0n) is 10.8. The molecule has 0 radical (unpaired) electrons. The zero-order valence-corrected chi connectivity index (χ0v) is 10.8. The molecule has 1 aliphatic carbocycles. The Kier molecular flexibility index (Phi) is 5.91. The number of aliphatic carboxylic acids is 1. The molecule has 0 spiro atoms. The molecular formula is C12H22N2O4. The van der Waals surface area contributed by atoms with Crippen LogP contribution in [0.15, 0.2) is 0 Å². The van der Waals surface area contributed by atoms with Gasteiger partial charge in [0, 0.05) is 25.6 Å². The van der Waals surface area contributed by atoms with Gasteiger partial charge in [-0.15, -0.1) is 0 Å². The molecule has 0 bridgehead atoms. The summed E-state index contributed by atoms with van der Waals surface area (Å²) in [6.07, 6.45) is 4.24. The quantitative estimate of drug-likeness (QED) is 0.657. The number of aliphatic hydroxyl groups is 1. The van der Waals surface area contributed by atoms with Gasteiger partial charge < -0.3 is 20.4 Å². The normalized spacial score (nSPS) is 17.4. The van der Waals surface area contributed by atoms with E-state index in [0.717, 1.165) is 25.7 Å². The van der Waals surface area contributed by atoms with Crippen LogP contribution in [-0.2, 0) is 4.79 Å². The summed E-state index contributed by atoms with van der Waals surface area (Å²) in [6, 6.07) is -1.14. The predicted molar refractivity (Wildman–Crippen MR) is 66.3 cm³/mol. The smallest absolute Gasteiger partial charge is 0.326 e. The summed E-state index contributed by atoms with van der Waals surface area (Å²) in [4.78, 5) is 24.6. The van der Waals surface area contributed by atoms with Crippen molar-refractivity contribution in [1.29, 1.82) is 0 Å². The lowest BCUT2D eigenvalue weighted by atomic mass is 10.2. The van der Waals surface area contributed by atoms with E-state index in [-0.39, 0.29) is 25.1 Å². The third-order valence-electron chi connectivity index (χ3n) is 3.38. The van der Waals surface area contributed by atoms with Gasteiger partial charge in [-0.25, -0.2) is 9.59 Å². The molecule has 18 heavy (non-hydrogen) atoms. The molecule has 1 atom stereocenters. The first-order valence-corrected chi connectivity index (χ1v) is 6.51. The third kappa shape index (κ3) is 3.87. The minimum atomic E-state index is -1.11. The lowest BCUT2D eigenvalue weighted by Crippen LogP contribution is -2.51. The van der Waals surface area contributed by atoms with Gasteiger partial charge in [-0.1, -0.05) is 12.8 Å². The zero-order chi connectivity index (χ0) is 13.5. The van der Waals surface area contributed by atoms with Crippen molar-refractivity contribution >= 4 is 12.0 Å². The van der Waals surface area contributed by atoms with Crippen LogP contribution in [0.4, 0.5) is 4.79 Å². The van der Waals surface area contributed by atoms with Crippen molar-refractivity contribution in [3.05, 3.63) is 0 Å². The summed E-state index contributed by atoms with van der Waals surface area (Å²) in [5.41, 5.74) is 0. The van der Waals surface area contributed by atoms with Gasteiger partial charge in [-0.3, -0.25) is 0 Å². The fourth-order valence-electron chi connectivity index (χ4n) is 2.40. The first-order chi connectivity index (χ1) is 8.60. The van der Waals surface area contributed by atoms with Gasteiger partial charge in [0.1, 0.15) is 6.04 Å². The number of amides is 2. The van der Waals surface area contributed by atoms with E-state index in [1.54, 1.807) is 4.90 Å². The SMILES string of the molecule is CCN(C(=O)N[C@@H](CCO)C(=O)O)C1CCCC1. The highest BCUT2D eigenvalue weighted by Crippen LogP contribution is 2.23. The van der Waals surface area contributed by atoms with Gasteiger partial charge in [0.25, 0.3) is 0 Å². The highest BCUT2D eigenvalue weighted by molar-refractivity contribution is 5.82. The Hall–Kier alpha value is -1.30. The molecule has 1 saturated carbocycles. The molecule has 6 nitrogen and oxygen atoms in total. The third-order valence-corrected chi connectivity index (χ3v) is 3.38. The molecule has 3 N–H and O–H groups in total. The average molecular weight is 258 g/mol. The number of hydrogen-bond donors (Lipinski definition) is 3. The summed E-state index contributed by atoms with van der Waals surface area (Å²) < 4.78 is 0. The van der Waals surface area contributed by atoms with Crippen molar-refractivity contribution in [1.82, 2.24) is 10.2 Å². The van der Waals surface area contributed by atoms with Crippen molar-refractivity contribution in [2.75, 3.05) is 13.2 Å². The summed E-state index contributed by atoms with van der Waals surface area (Å²) in [6.45, 7) is 2.20. The molecular weight excluding hydrogens is 236 g/mol. The van der Waals surface area contributed by atoms with Crippen molar-refractivity contribution in [2.24, 2.45) is 0 Å². The van der Waals surface area contributed by atoms with Crippen LogP contribution in [0.2, 0.25) is 0 Å². The second-order valence-corrected chi connectivity index (χ2v) is 4.58. The molecule has 0 aromatic heterocycles. The average Bonchev–Trinajstić information content (AvgIpc) is 2.83. The number of nitrogens with zero attached hydrogens (tertiary/aromatic N) is 1. The van der Waals surface area contributed by atoms with Crippen LogP contribution in [0.3, 0.4) is 0 Å². The number of hydrogen-bond acceptors (Lipinski definition) is 3. The number of carboxylic acids is 1. The van der Waals surface area contributed by atoms with Gasteiger partial charge in [0.15, 0.2) is 0 Å². The molecule has 0 unspecified atom stereocenters. The van der Waals surface area contributed by atoms with Crippen LogP contribution in [0, 0.1) is 0 Å². The van der Waals surface area contributed by atoms with Crippen LogP contribution < -0.4 is 5.32 Å². The lowest BCUT2D eigenvalue weighted by molar-refractivity contribution is -0.139. The minimum Gasteiger partial charge on any atom is -0.480 e. The predicted octanol–water partition coefficient (Wildman–Crippen LogP) is 0.796. The van der Waals surface area contributed by atoms with Crippen LogP contribution >= 0.6 is 0 Å². The van der Waals surface area contributed by atoms with E-state index in [4.69, 9.17) is 10.2 Å². The Morgan fingerprint density at radius 3 is 2.44 bits per heavy atom. The van der Waals surface area contributed by atoms with Gasteiger partial charge in [-0.05, 0) is 19.8 Å². The van der Waals surface area contributed by atoms with Crippen LogP contribution in [0.1, 0.15) is 39.0 Å². The van der Waals surface area contributed by atoms with Gasteiger partial charge in [-0.2, -0.15) is 0 Å². The van der Waals surface area contributed by atoms with E-state index in [9.17, 15) is 9.59 Å². The number of nitrogens with one attached hydrogen (secondary N) is 1. The Balaban J connectivity index is 2.57. The molecule has 1 aliphatic rings. The second kappa shape index (κ2) is 7.20. The molecule has 104 valence electrons. The van der Waals surface area contributed by atoms with E-state index in [1.807, 2.05) is 6.92 Å². The highest BCUT2D eigenvalue weighted by Gasteiger charge is 2.28. The Morgan fingerprint density at radius 2 is 2.00 bits per heavy atom. The van der Waals surface area contributed by atoms with Crippen molar-refractivity contribution in [2.45, 2.75) is 51.1 Å². The number of urea groups is 1. The summed E-state index contributed by atoms with van der Waals surface area (Å²) in [7, 11) is 0. The number of carbonyl (C=O) groups excluding carboxylic acids is 1. The van der Waals surface area contributed by atoms with Crippen LogP contribution in [-0.4, -0.2) is 52.3 Å². The summed E-state index contributed by atoms with van der Waals surface area (Å²) >= 11 is 0. The van der Waals surface area contributed by atoms with Gasteiger partial charge in [0.05, 0.1) is 0 Å². The van der Waals surface area contributed by atoms with Crippen LogP contribution in [0.5, 0.6) is 0 Å². The van der Waals surface area contributed by atoms with Gasteiger partial charge in [0.2, 0.25) is 0 Å². The maximum atomic E-state index is 12.0. The largest absolute Gasteiger partial charge is 0.480 e. The summed E-state index contributed by atoms with van der Waals surface area (Å²) in [5, 5.41) is 20.2. The number of carbonyl (C=O) groups is 2. The highest BCUT2D eigenvalue weighted by atomic mass is 16.4. The lowest BCUT2D eigenvalue weighted by Gasteiger charge is -2.29. The van der Waals surface area contributed by atoms with Crippen molar-refractivity contribution in [3.8, 4) is 0 Å². The van der Waals surface area contributed by atoms with E-state index < -0.39 is 12.0 Å². The first-order valence-electron chi connectivity index (χ1n) is 6.51. The maximum Gasteiger partial charge on any atom is 0.326 e. The minimum absolute atomic E-state index is 0.0310. The molecule has 0 heterocycles. The topological polar surface area (TPSA) is 89.9 Å². The Bertz CT molecular complexity index is 290. The molecule has 0 saturated heterocycles. The summed E-state index contributed by atoms with van der Waals surface area (Å²) in [5.74, 6) is -1.11. The standard InChI is InChI=1S/C12H22N2O4/c1-2-14(9-5-3-4-6-9)12(18)13-10(7-8-15)11(16)17/h9-10,15H,2-8H2,1H3,(H,13,18)(H,16,17)/t10-/m0/s1. The Morgan fingerprint density at radius 1 is 1.39 bits per heavy atom. The fourth-order valence-corrected chi connectivity index (χ4v) is 2.40. The monoisotopic (exact) mass is 258 g/mol. The molecule has 1 rings (SSSR count). The Labute approximate surface area is 107 Å². The molecule has 1 fully saturated rings. The number of rotatable bonds is 6. The van der Waals surface area contributed by atoms with E-state index in [1.165, 1.54) is 0 Å². The van der Waals surface area contributed by atoms with E-state index in [2.05, 4.69) is 5.32 Å². The molecule has 0 aromatic carbocycles. The van der Waals surface area contributed by atoms with E-state index >= 15 is 0 Å². The molecule has 0 aromatic rings. The fraction of sp³-hybridized carbons (Fsp3) is 0.833. The van der Waals surface area contributed by atoms with Gasteiger partial charge >= 0.3 is 12.0 Å².